The highest BCUT2D eigenvalue weighted by molar-refractivity contribution is 5.91. The SMILES string of the molecule is CCC(C)c1ccc(C(CC)NC(=O)c2ccc(Cn3cccn3)o2)cc1. The molecular formula is C22H27N3O2. The van der Waals surface area contributed by atoms with Crippen LogP contribution in [-0.4, -0.2) is 15.7 Å². The number of benzene rings is 1. The number of furan rings is 1. The highest BCUT2D eigenvalue weighted by Gasteiger charge is 2.17. The maximum atomic E-state index is 12.6. The minimum Gasteiger partial charge on any atom is -0.454 e. The van der Waals surface area contributed by atoms with Crippen molar-refractivity contribution in [1.29, 1.82) is 0 Å². The lowest BCUT2D eigenvalue weighted by atomic mass is 9.95. The molecular weight excluding hydrogens is 338 g/mol. The molecule has 5 nitrogen and oxygen atoms in total. The number of hydrogen-bond acceptors (Lipinski definition) is 3. The molecule has 142 valence electrons. The van der Waals surface area contributed by atoms with E-state index < -0.39 is 0 Å². The van der Waals surface area contributed by atoms with Gasteiger partial charge in [0.1, 0.15) is 5.76 Å². The molecule has 0 bridgehead atoms. The summed E-state index contributed by atoms with van der Waals surface area (Å²) in [4.78, 5) is 12.6. The van der Waals surface area contributed by atoms with Gasteiger partial charge in [0.05, 0.1) is 12.6 Å². The minimum atomic E-state index is -0.195. The van der Waals surface area contributed by atoms with E-state index in [4.69, 9.17) is 4.42 Å². The van der Waals surface area contributed by atoms with Gasteiger partial charge in [0.2, 0.25) is 0 Å². The molecule has 1 aromatic carbocycles. The van der Waals surface area contributed by atoms with Crippen LogP contribution in [0.25, 0.3) is 0 Å². The number of carbonyl (C=O) groups excluding carboxylic acids is 1. The zero-order chi connectivity index (χ0) is 19.2. The van der Waals surface area contributed by atoms with E-state index in [-0.39, 0.29) is 11.9 Å². The summed E-state index contributed by atoms with van der Waals surface area (Å²) in [6.07, 6.45) is 5.51. The van der Waals surface area contributed by atoms with Gasteiger partial charge in [-0.2, -0.15) is 5.10 Å². The van der Waals surface area contributed by atoms with Crippen LogP contribution in [-0.2, 0) is 6.54 Å². The van der Waals surface area contributed by atoms with E-state index in [1.54, 1.807) is 16.9 Å². The molecule has 0 aliphatic carbocycles. The molecule has 2 atom stereocenters. The lowest BCUT2D eigenvalue weighted by Crippen LogP contribution is -2.27. The van der Waals surface area contributed by atoms with Crippen molar-refractivity contribution >= 4 is 5.91 Å². The summed E-state index contributed by atoms with van der Waals surface area (Å²) in [6, 6.07) is 13.9. The van der Waals surface area contributed by atoms with Crippen LogP contribution >= 0.6 is 0 Å². The van der Waals surface area contributed by atoms with Gasteiger partial charge < -0.3 is 9.73 Å². The number of nitrogens with one attached hydrogen (secondary N) is 1. The fraction of sp³-hybridized carbons (Fsp3) is 0.364. The molecule has 0 saturated heterocycles. The van der Waals surface area contributed by atoms with E-state index in [0.717, 1.165) is 18.4 Å². The number of hydrogen-bond donors (Lipinski definition) is 1. The fourth-order valence-electron chi connectivity index (χ4n) is 3.08. The largest absolute Gasteiger partial charge is 0.454 e. The number of aromatic nitrogens is 2. The highest BCUT2D eigenvalue weighted by atomic mass is 16.4. The van der Waals surface area contributed by atoms with Gasteiger partial charge in [0.25, 0.3) is 5.91 Å². The summed E-state index contributed by atoms with van der Waals surface area (Å²) in [6.45, 7) is 7.00. The molecule has 0 aliphatic heterocycles. The number of amides is 1. The van der Waals surface area contributed by atoms with Crippen LogP contribution in [0, 0.1) is 0 Å². The Hall–Kier alpha value is -2.82. The van der Waals surface area contributed by atoms with Crippen molar-refractivity contribution < 1.29 is 9.21 Å². The van der Waals surface area contributed by atoms with Crippen molar-refractivity contribution in [3.05, 3.63) is 77.5 Å². The van der Waals surface area contributed by atoms with Gasteiger partial charge >= 0.3 is 0 Å². The Balaban J connectivity index is 1.65. The van der Waals surface area contributed by atoms with Gasteiger partial charge in [-0.25, -0.2) is 0 Å². The molecule has 27 heavy (non-hydrogen) atoms. The molecule has 2 heterocycles. The molecule has 0 saturated carbocycles. The summed E-state index contributed by atoms with van der Waals surface area (Å²) < 4.78 is 7.45. The lowest BCUT2D eigenvalue weighted by molar-refractivity contribution is 0.0905. The number of rotatable bonds is 8. The fourth-order valence-corrected chi connectivity index (χ4v) is 3.08. The van der Waals surface area contributed by atoms with E-state index in [9.17, 15) is 4.79 Å². The van der Waals surface area contributed by atoms with Crippen molar-refractivity contribution in [3.8, 4) is 0 Å². The van der Waals surface area contributed by atoms with Crippen molar-refractivity contribution in [1.82, 2.24) is 15.1 Å². The van der Waals surface area contributed by atoms with Gasteiger partial charge in [-0.05, 0) is 48.1 Å². The van der Waals surface area contributed by atoms with Crippen LogP contribution in [0.3, 0.4) is 0 Å². The standard InChI is InChI=1S/C22H27N3O2/c1-4-16(3)17-7-9-18(10-8-17)20(5-2)24-22(26)21-12-11-19(27-21)15-25-14-6-13-23-25/h6-14,16,20H,4-5,15H2,1-3H3,(H,24,26). The van der Waals surface area contributed by atoms with Crippen molar-refractivity contribution in [2.75, 3.05) is 0 Å². The molecule has 0 fully saturated rings. The average molecular weight is 365 g/mol. The van der Waals surface area contributed by atoms with E-state index in [1.165, 1.54) is 5.56 Å². The molecule has 2 aromatic heterocycles. The highest BCUT2D eigenvalue weighted by Crippen LogP contribution is 2.23. The maximum absolute atomic E-state index is 12.6. The van der Waals surface area contributed by atoms with Crippen molar-refractivity contribution in [2.24, 2.45) is 0 Å². The smallest absolute Gasteiger partial charge is 0.287 e. The molecule has 1 amide bonds. The van der Waals surface area contributed by atoms with Crippen LogP contribution in [0.2, 0.25) is 0 Å². The third-order valence-corrected chi connectivity index (χ3v) is 5.00. The van der Waals surface area contributed by atoms with Crippen LogP contribution in [0.15, 0.2) is 59.3 Å². The topological polar surface area (TPSA) is 60.1 Å². The summed E-state index contributed by atoms with van der Waals surface area (Å²) in [5, 5.41) is 7.23. The predicted octanol–water partition coefficient (Wildman–Crippen LogP) is 4.92. The van der Waals surface area contributed by atoms with E-state index >= 15 is 0 Å². The van der Waals surface area contributed by atoms with Crippen LogP contribution in [0.4, 0.5) is 0 Å². The second kappa shape index (κ2) is 8.71. The van der Waals surface area contributed by atoms with E-state index in [2.05, 4.69) is 55.5 Å². The van der Waals surface area contributed by atoms with Crippen LogP contribution in [0.5, 0.6) is 0 Å². The second-order valence-electron chi connectivity index (χ2n) is 6.88. The van der Waals surface area contributed by atoms with Crippen molar-refractivity contribution in [3.63, 3.8) is 0 Å². The van der Waals surface area contributed by atoms with Gasteiger partial charge in [0, 0.05) is 12.4 Å². The summed E-state index contributed by atoms with van der Waals surface area (Å²) in [5.41, 5.74) is 2.44. The Bertz CT molecular complexity index is 850. The Labute approximate surface area is 160 Å². The number of carbonyl (C=O) groups is 1. The van der Waals surface area contributed by atoms with Crippen LogP contribution < -0.4 is 5.32 Å². The van der Waals surface area contributed by atoms with E-state index in [1.807, 2.05) is 18.3 Å². The Morgan fingerprint density at radius 2 is 1.85 bits per heavy atom. The molecule has 1 N–H and O–H groups in total. The monoisotopic (exact) mass is 365 g/mol. The summed E-state index contributed by atoms with van der Waals surface area (Å²) in [7, 11) is 0. The van der Waals surface area contributed by atoms with E-state index in [0.29, 0.717) is 24.0 Å². The average Bonchev–Trinajstić information content (AvgIpc) is 3.38. The normalized spacial score (nSPS) is 13.3. The zero-order valence-corrected chi connectivity index (χ0v) is 16.2. The summed E-state index contributed by atoms with van der Waals surface area (Å²) in [5.74, 6) is 1.38. The molecule has 3 rings (SSSR count). The van der Waals surface area contributed by atoms with Gasteiger partial charge in [-0.1, -0.05) is 45.0 Å². The van der Waals surface area contributed by atoms with Gasteiger partial charge in [-0.15, -0.1) is 0 Å². The first-order valence-corrected chi connectivity index (χ1v) is 9.57. The molecule has 2 unspecified atom stereocenters. The third-order valence-electron chi connectivity index (χ3n) is 5.00. The van der Waals surface area contributed by atoms with Crippen LogP contribution in [0.1, 0.15) is 73.0 Å². The Morgan fingerprint density at radius 1 is 1.11 bits per heavy atom. The molecule has 0 radical (unpaired) electrons. The quantitative estimate of drug-likeness (QED) is 0.616. The Morgan fingerprint density at radius 3 is 2.48 bits per heavy atom. The van der Waals surface area contributed by atoms with Gasteiger partial charge in [0.15, 0.2) is 5.76 Å². The lowest BCUT2D eigenvalue weighted by Gasteiger charge is -2.18. The first-order chi connectivity index (χ1) is 13.1. The molecule has 3 aromatic rings. The predicted molar refractivity (Wildman–Crippen MR) is 106 cm³/mol. The first kappa shape index (κ1) is 19.0. The Kier molecular flexibility index (Phi) is 6.12. The molecule has 5 heteroatoms. The van der Waals surface area contributed by atoms with Crippen molar-refractivity contribution in [2.45, 2.75) is 52.1 Å². The zero-order valence-electron chi connectivity index (χ0n) is 16.2. The second-order valence-corrected chi connectivity index (χ2v) is 6.88. The third kappa shape index (κ3) is 4.67. The summed E-state index contributed by atoms with van der Waals surface area (Å²) >= 11 is 0. The number of nitrogens with zero attached hydrogens (tertiary/aromatic N) is 2. The maximum Gasteiger partial charge on any atom is 0.287 e. The minimum absolute atomic E-state index is 0.0388. The van der Waals surface area contributed by atoms with Gasteiger partial charge in [-0.3, -0.25) is 9.48 Å². The first-order valence-electron chi connectivity index (χ1n) is 9.57. The molecule has 0 aliphatic rings. The molecule has 0 spiro atoms.